The number of hydrogen-bond donors (Lipinski definition) is 5. The van der Waals surface area contributed by atoms with Crippen LogP contribution in [0.4, 0.5) is 11.4 Å². The van der Waals surface area contributed by atoms with Crippen LogP contribution < -0.4 is 5.32 Å². The van der Waals surface area contributed by atoms with Crippen LogP contribution in [0.15, 0.2) is 24.3 Å². The Hall–Kier alpha value is -1.78. The van der Waals surface area contributed by atoms with Crippen molar-refractivity contribution in [3.63, 3.8) is 0 Å². The predicted molar refractivity (Wildman–Crippen MR) is 70.5 cm³/mol. The number of aliphatic hydroxyl groups excluding tert-OH is 4. The number of aliphatic hydroxyl groups is 4. The van der Waals surface area contributed by atoms with Crippen molar-refractivity contribution >= 4 is 11.4 Å². The van der Waals surface area contributed by atoms with E-state index >= 15 is 0 Å². The van der Waals surface area contributed by atoms with E-state index in [9.17, 15) is 25.4 Å². The number of nitro benzene ring substituents is 1. The molecule has 0 aliphatic carbocycles. The van der Waals surface area contributed by atoms with Crippen LogP contribution in [0.2, 0.25) is 0 Å². The van der Waals surface area contributed by atoms with Gasteiger partial charge in [0.25, 0.3) is 5.69 Å². The summed E-state index contributed by atoms with van der Waals surface area (Å²) in [6, 6.07) is 5.37. The van der Waals surface area contributed by atoms with Crippen LogP contribution in [0.3, 0.4) is 0 Å². The topological polar surface area (TPSA) is 145 Å². The standard InChI is InChI=1S/C12H16N2O7/c15-5-8-9(16)10(17)11(18)12(21-8)13-6-1-3-7(4-2-6)14(19)20/h1-4,8-13,15-18H,5H2/t8-,9+,10+,11-,12+/m0/s1. The monoisotopic (exact) mass is 300 g/mol. The number of nitrogens with one attached hydrogen (secondary N) is 1. The maximum atomic E-state index is 10.5. The van der Waals surface area contributed by atoms with E-state index in [-0.39, 0.29) is 5.69 Å². The number of anilines is 1. The zero-order valence-corrected chi connectivity index (χ0v) is 10.9. The van der Waals surface area contributed by atoms with Gasteiger partial charge in [0.1, 0.15) is 24.4 Å². The predicted octanol–water partition coefficient (Wildman–Crippen LogP) is -1.19. The molecule has 0 radical (unpaired) electrons. The third-order valence-electron chi connectivity index (χ3n) is 3.28. The third kappa shape index (κ3) is 3.28. The summed E-state index contributed by atoms with van der Waals surface area (Å²) >= 11 is 0. The van der Waals surface area contributed by atoms with Crippen LogP contribution in [0, 0.1) is 10.1 Å². The second-order valence-electron chi connectivity index (χ2n) is 4.70. The van der Waals surface area contributed by atoms with Crippen molar-refractivity contribution in [1.29, 1.82) is 0 Å². The molecule has 1 aliphatic rings. The van der Waals surface area contributed by atoms with Crippen molar-refractivity contribution in [3.8, 4) is 0 Å². The van der Waals surface area contributed by atoms with Gasteiger partial charge in [0, 0.05) is 17.8 Å². The quantitative estimate of drug-likeness (QED) is 0.344. The van der Waals surface area contributed by atoms with Crippen LogP contribution in [-0.4, -0.2) is 62.6 Å². The van der Waals surface area contributed by atoms with Gasteiger partial charge in [-0.3, -0.25) is 10.1 Å². The van der Waals surface area contributed by atoms with Gasteiger partial charge in [0.05, 0.1) is 11.5 Å². The van der Waals surface area contributed by atoms with Gasteiger partial charge in [-0.25, -0.2) is 0 Å². The zero-order valence-electron chi connectivity index (χ0n) is 10.9. The van der Waals surface area contributed by atoms with Crippen LogP contribution in [0.5, 0.6) is 0 Å². The molecule has 1 aliphatic heterocycles. The van der Waals surface area contributed by atoms with E-state index in [1.807, 2.05) is 0 Å². The second kappa shape index (κ2) is 6.33. The molecule has 1 aromatic rings. The summed E-state index contributed by atoms with van der Waals surface area (Å²) in [5, 5.41) is 51.5. The summed E-state index contributed by atoms with van der Waals surface area (Å²) in [6.07, 6.45) is -6.41. The summed E-state index contributed by atoms with van der Waals surface area (Å²) in [6.45, 7) is -0.524. The molecule has 1 saturated heterocycles. The smallest absolute Gasteiger partial charge is 0.269 e. The van der Waals surface area contributed by atoms with Gasteiger partial charge in [-0.15, -0.1) is 0 Å². The molecule has 0 unspecified atom stereocenters. The van der Waals surface area contributed by atoms with Gasteiger partial charge in [-0.05, 0) is 12.1 Å². The van der Waals surface area contributed by atoms with Crippen molar-refractivity contribution in [1.82, 2.24) is 0 Å². The van der Waals surface area contributed by atoms with E-state index in [1.165, 1.54) is 24.3 Å². The van der Waals surface area contributed by atoms with Crippen LogP contribution in [-0.2, 0) is 4.74 Å². The van der Waals surface area contributed by atoms with Crippen LogP contribution in [0.1, 0.15) is 0 Å². The summed E-state index contributed by atoms with van der Waals surface area (Å²) in [4.78, 5) is 10.0. The molecule has 0 spiro atoms. The molecule has 2 rings (SSSR count). The van der Waals surface area contributed by atoms with Gasteiger partial charge in [-0.1, -0.05) is 0 Å². The van der Waals surface area contributed by atoms with E-state index < -0.39 is 42.2 Å². The lowest BCUT2D eigenvalue weighted by atomic mass is 9.98. The molecular formula is C12H16N2O7. The Kier molecular flexibility index (Phi) is 4.70. The number of rotatable bonds is 4. The van der Waals surface area contributed by atoms with Gasteiger partial charge >= 0.3 is 0 Å². The lowest BCUT2D eigenvalue weighted by molar-refractivity contribution is -0.384. The van der Waals surface area contributed by atoms with E-state index in [1.54, 1.807) is 0 Å². The molecule has 9 heteroatoms. The highest BCUT2D eigenvalue weighted by atomic mass is 16.6. The lowest BCUT2D eigenvalue weighted by Gasteiger charge is -2.40. The summed E-state index contributed by atoms with van der Waals surface area (Å²) < 4.78 is 5.26. The Labute approximate surface area is 119 Å². The minimum Gasteiger partial charge on any atom is -0.394 e. The first-order valence-corrected chi connectivity index (χ1v) is 6.25. The largest absolute Gasteiger partial charge is 0.394 e. The highest BCUT2D eigenvalue weighted by molar-refractivity contribution is 5.49. The molecular weight excluding hydrogens is 284 g/mol. The van der Waals surface area contributed by atoms with Gasteiger partial charge in [0.2, 0.25) is 0 Å². The zero-order chi connectivity index (χ0) is 15.6. The summed E-state index contributed by atoms with van der Waals surface area (Å²) in [5.41, 5.74) is 0.333. The van der Waals surface area contributed by atoms with E-state index in [0.717, 1.165) is 0 Å². The molecule has 21 heavy (non-hydrogen) atoms. The molecule has 0 amide bonds. The molecule has 116 valence electrons. The van der Waals surface area contributed by atoms with Crippen LogP contribution in [0.25, 0.3) is 0 Å². The van der Waals surface area contributed by atoms with Crippen LogP contribution >= 0.6 is 0 Å². The Morgan fingerprint density at radius 3 is 2.29 bits per heavy atom. The number of ether oxygens (including phenoxy) is 1. The maximum absolute atomic E-state index is 10.5. The summed E-state index contributed by atoms with van der Waals surface area (Å²) in [5.74, 6) is 0. The Morgan fingerprint density at radius 2 is 1.76 bits per heavy atom. The molecule has 1 fully saturated rings. The number of non-ortho nitro benzene ring substituents is 1. The molecule has 5 N–H and O–H groups in total. The first-order valence-electron chi connectivity index (χ1n) is 6.25. The Bertz CT molecular complexity index is 493. The fraction of sp³-hybridized carbons (Fsp3) is 0.500. The third-order valence-corrected chi connectivity index (χ3v) is 3.28. The van der Waals surface area contributed by atoms with Gasteiger partial charge < -0.3 is 30.5 Å². The lowest BCUT2D eigenvalue weighted by Crippen LogP contribution is -2.60. The van der Waals surface area contributed by atoms with E-state index in [2.05, 4.69) is 5.32 Å². The highest BCUT2D eigenvalue weighted by Gasteiger charge is 2.43. The average molecular weight is 300 g/mol. The SMILES string of the molecule is O=[N+]([O-])c1ccc(N[C@@H]2O[C@@H](CO)[C@@H](O)[C@@H](O)[C@@H]2O)cc1. The maximum Gasteiger partial charge on any atom is 0.269 e. The first-order chi connectivity index (χ1) is 9.93. The first kappa shape index (κ1) is 15.6. The van der Waals surface area contributed by atoms with E-state index in [0.29, 0.717) is 5.69 Å². The minimum absolute atomic E-state index is 0.0886. The average Bonchev–Trinajstić information content (AvgIpc) is 2.48. The second-order valence-corrected chi connectivity index (χ2v) is 4.70. The van der Waals surface area contributed by atoms with Crippen molar-refractivity contribution in [2.75, 3.05) is 11.9 Å². The fourth-order valence-electron chi connectivity index (χ4n) is 2.06. The van der Waals surface area contributed by atoms with E-state index in [4.69, 9.17) is 9.84 Å². The molecule has 5 atom stereocenters. The van der Waals surface area contributed by atoms with Gasteiger partial charge in [0.15, 0.2) is 6.23 Å². The molecule has 1 aromatic carbocycles. The molecule has 1 heterocycles. The Balaban J connectivity index is 2.08. The number of nitrogens with zero attached hydrogens (tertiary/aromatic N) is 1. The van der Waals surface area contributed by atoms with Crippen molar-refractivity contribution in [2.45, 2.75) is 30.6 Å². The molecule has 0 saturated carbocycles. The van der Waals surface area contributed by atoms with Crippen molar-refractivity contribution in [2.24, 2.45) is 0 Å². The van der Waals surface area contributed by atoms with Crippen molar-refractivity contribution < 1.29 is 30.1 Å². The Morgan fingerprint density at radius 1 is 1.14 bits per heavy atom. The molecule has 0 bridgehead atoms. The number of nitro groups is 1. The highest BCUT2D eigenvalue weighted by Crippen LogP contribution is 2.23. The fourth-order valence-corrected chi connectivity index (χ4v) is 2.06. The van der Waals surface area contributed by atoms with Gasteiger partial charge in [-0.2, -0.15) is 0 Å². The number of benzene rings is 1. The normalized spacial score (nSPS) is 32.7. The molecule has 0 aromatic heterocycles. The number of hydrogen-bond acceptors (Lipinski definition) is 8. The molecule has 9 nitrogen and oxygen atoms in total. The summed E-state index contributed by atoms with van der Waals surface area (Å²) in [7, 11) is 0. The van der Waals surface area contributed by atoms with Crippen molar-refractivity contribution in [3.05, 3.63) is 34.4 Å². The minimum atomic E-state index is -1.48.